The lowest BCUT2D eigenvalue weighted by molar-refractivity contribution is -0.115. The Bertz CT molecular complexity index is 911. The van der Waals surface area contributed by atoms with Crippen LogP contribution < -0.4 is 15.5 Å². The molecular formula is C24H31N3O2. The molecule has 1 aliphatic heterocycles. The third-order valence-electron chi connectivity index (χ3n) is 5.29. The van der Waals surface area contributed by atoms with Gasteiger partial charge in [-0.2, -0.15) is 0 Å². The number of anilines is 2. The van der Waals surface area contributed by atoms with Gasteiger partial charge < -0.3 is 15.5 Å². The average molecular weight is 394 g/mol. The number of nitrogens with one attached hydrogen (secondary N) is 2. The van der Waals surface area contributed by atoms with Gasteiger partial charge in [0.1, 0.15) is 0 Å². The number of carbonyl (C=O) groups excluding carboxylic acids is 2. The van der Waals surface area contributed by atoms with Crippen molar-refractivity contribution in [3.63, 3.8) is 0 Å². The molecule has 5 heteroatoms. The lowest BCUT2D eigenvalue weighted by Crippen LogP contribution is -2.38. The maximum atomic E-state index is 12.8. The van der Waals surface area contributed by atoms with Crippen LogP contribution in [-0.4, -0.2) is 30.9 Å². The minimum Gasteiger partial charge on any atom is -0.362 e. The highest BCUT2D eigenvalue weighted by molar-refractivity contribution is 5.99. The van der Waals surface area contributed by atoms with Gasteiger partial charge in [-0.05, 0) is 76.3 Å². The van der Waals surface area contributed by atoms with E-state index in [0.29, 0.717) is 5.56 Å². The van der Waals surface area contributed by atoms with Gasteiger partial charge in [0.2, 0.25) is 5.91 Å². The lowest BCUT2D eigenvalue weighted by Gasteiger charge is -2.32. The summed E-state index contributed by atoms with van der Waals surface area (Å²) in [4.78, 5) is 27.5. The van der Waals surface area contributed by atoms with Crippen molar-refractivity contribution >= 4 is 23.2 Å². The minimum absolute atomic E-state index is 0.0371. The van der Waals surface area contributed by atoms with E-state index >= 15 is 0 Å². The molecule has 0 saturated carbocycles. The standard InChI is InChI=1S/C24H31N3O2/c1-15(2)25-24(29)20-8-6-10-21-19(20)9-7-11-27(21)14-22(28)26-23-17(4)12-16(3)13-18(23)5/h6,8,10,12-13,15H,7,9,11,14H2,1-5H3,(H,25,29)(H,26,28). The molecular weight excluding hydrogens is 362 g/mol. The fourth-order valence-corrected chi connectivity index (χ4v) is 4.15. The van der Waals surface area contributed by atoms with Crippen molar-refractivity contribution in [1.82, 2.24) is 5.32 Å². The molecule has 1 heterocycles. The highest BCUT2D eigenvalue weighted by Gasteiger charge is 2.24. The average Bonchev–Trinajstić information content (AvgIpc) is 2.64. The van der Waals surface area contributed by atoms with E-state index in [1.165, 1.54) is 5.56 Å². The van der Waals surface area contributed by atoms with E-state index in [0.717, 1.165) is 47.5 Å². The predicted octanol–water partition coefficient (Wildman–Crippen LogP) is 4.14. The molecule has 5 nitrogen and oxygen atoms in total. The van der Waals surface area contributed by atoms with Gasteiger partial charge in [0.05, 0.1) is 6.54 Å². The first-order valence-corrected chi connectivity index (χ1v) is 10.3. The fourth-order valence-electron chi connectivity index (χ4n) is 4.15. The van der Waals surface area contributed by atoms with E-state index in [1.54, 1.807) is 0 Å². The highest BCUT2D eigenvalue weighted by Crippen LogP contribution is 2.30. The van der Waals surface area contributed by atoms with Crippen LogP contribution in [0.1, 0.15) is 52.9 Å². The topological polar surface area (TPSA) is 61.4 Å². The summed E-state index contributed by atoms with van der Waals surface area (Å²) in [7, 11) is 0. The van der Waals surface area contributed by atoms with Gasteiger partial charge in [-0.15, -0.1) is 0 Å². The molecule has 2 aromatic rings. The number of fused-ring (bicyclic) bond motifs is 1. The molecule has 0 atom stereocenters. The number of nitrogens with zero attached hydrogens (tertiary/aromatic N) is 1. The molecule has 0 bridgehead atoms. The SMILES string of the molecule is Cc1cc(C)c(NC(=O)CN2CCCc3c(C(=O)NC(C)C)cccc32)c(C)c1. The fraction of sp³-hybridized carbons (Fsp3) is 0.417. The smallest absolute Gasteiger partial charge is 0.251 e. The van der Waals surface area contributed by atoms with Crippen LogP contribution in [0.2, 0.25) is 0 Å². The molecule has 2 amide bonds. The number of rotatable bonds is 5. The molecule has 154 valence electrons. The largest absolute Gasteiger partial charge is 0.362 e. The molecule has 1 aliphatic rings. The molecule has 2 aromatic carbocycles. The number of benzene rings is 2. The predicted molar refractivity (Wildman–Crippen MR) is 119 cm³/mol. The number of hydrogen-bond acceptors (Lipinski definition) is 3. The molecule has 3 rings (SSSR count). The molecule has 0 spiro atoms. The van der Waals surface area contributed by atoms with E-state index < -0.39 is 0 Å². The second-order valence-corrected chi connectivity index (χ2v) is 8.28. The number of aryl methyl sites for hydroxylation is 3. The second-order valence-electron chi connectivity index (χ2n) is 8.28. The zero-order chi connectivity index (χ0) is 21.1. The van der Waals surface area contributed by atoms with Gasteiger partial charge in [-0.25, -0.2) is 0 Å². The van der Waals surface area contributed by atoms with E-state index in [1.807, 2.05) is 45.9 Å². The Morgan fingerprint density at radius 1 is 1.10 bits per heavy atom. The van der Waals surface area contributed by atoms with Crippen molar-refractivity contribution in [2.24, 2.45) is 0 Å². The Kier molecular flexibility index (Phi) is 6.26. The van der Waals surface area contributed by atoms with Crippen LogP contribution in [0.3, 0.4) is 0 Å². The minimum atomic E-state index is -0.0472. The molecule has 0 aromatic heterocycles. The summed E-state index contributed by atoms with van der Waals surface area (Å²) in [5, 5.41) is 6.07. The normalized spacial score (nSPS) is 13.2. The lowest BCUT2D eigenvalue weighted by atomic mass is 9.95. The second kappa shape index (κ2) is 8.68. The molecule has 0 fully saturated rings. The molecule has 2 N–H and O–H groups in total. The quantitative estimate of drug-likeness (QED) is 0.802. The summed E-state index contributed by atoms with van der Waals surface area (Å²) in [5.41, 5.74) is 6.96. The molecule has 29 heavy (non-hydrogen) atoms. The highest BCUT2D eigenvalue weighted by atomic mass is 16.2. The van der Waals surface area contributed by atoms with Crippen LogP contribution in [-0.2, 0) is 11.2 Å². The first kappa shape index (κ1) is 20.9. The van der Waals surface area contributed by atoms with Gasteiger partial charge in [-0.3, -0.25) is 9.59 Å². The third-order valence-corrected chi connectivity index (χ3v) is 5.29. The van der Waals surface area contributed by atoms with Crippen LogP contribution in [0.5, 0.6) is 0 Å². The van der Waals surface area contributed by atoms with Gasteiger partial charge >= 0.3 is 0 Å². The maximum absolute atomic E-state index is 12.8. The van der Waals surface area contributed by atoms with Crippen LogP contribution >= 0.6 is 0 Å². The summed E-state index contributed by atoms with van der Waals surface area (Å²) < 4.78 is 0. The Labute approximate surface area is 173 Å². The van der Waals surface area contributed by atoms with Crippen molar-refractivity contribution < 1.29 is 9.59 Å². The zero-order valence-electron chi connectivity index (χ0n) is 18.1. The van der Waals surface area contributed by atoms with Crippen molar-refractivity contribution in [2.45, 2.75) is 53.5 Å². The summed E-state index contributed by atoms with van der Waals surface area (Å²) in [5.74, 6) is -0.0843. The van der Waals surface area contributed by atoms with Crippen molar-refractivity contribution in [3.8, 4) is 0 Å². The molecule has 0 aliphatic carbocycles. The van der Waals surface area contributed by atoms with Crippen molar-refractivity contribution in [2.75, 3.05) is 23.3 Å². The van der Waals surface area contributed by atoms with Gasteiger partial charge in [0.25, 0.3) is 5.91 Å². The van der Waals surface area contributed by atoms with E-state index in [-0.39, 0.29) is 24.4 Å². The van der Waals surface area contributed by atoms with E-state index in [2.05, 4.69) is 34.6 Å². The first-order valence-electron chi connectivity index (χ1n) is 10.3. The van der Waals surface area contributed by atoms with Crippen LogP contribution in [0.25, 0.3) is 0 Å². The summed E-state index contributed by atoms with van der Waals surface area (Å²) in [6.45, 7) is 11.1. The van der Waals surface area contributed by atoms with Gasteiger partial charge in [0, 0.05) is 29.5 Å². The van der Waals surface area contributed by atoms with Crippen molar-refractivity contribution in [1.29, 1.82) is 0 Å². The maximum Gasteiger partial charge on any atom is 0.251 e. The summed E-state index contributed by atoms with van der Waals surface area (Å²) in [6, 6.07) is 10.0. The number of amides is 2. The molecule has 0 unspecified atom stereocenters. The van der Waals surface area contributed by atoms with Gasteiger partial charge in [0.15, 0.2) is 0 Å². The van der Waals surface area contributed by atoms with Crippen LogP contribution in [0, 0.1) is 20.8 Å². The summed E-state index contributed by atoms with van der Waals surface area (Å²) >= 11 is 0. The van der Waals surface area contributed by atoms with Crippen LogP contribution in [0.15, 0.2) is 30.3 Å². The van der Waals surface area contributed by atoms with E-state index in [4.69, 9.17) is 0 Å². The Morgan fingerprint density at radius 2 is 1.79 bits per heavy atom. The third kappa shape index (κ3) is 4.78. The van der Waals surface area contributed by atoms with Crippen LogP contribution in [0.4, 0.5) is 11.4 Å². The first-order chi connectivity index (χ1) is 13.8. The Morgan fingerprint density at radius 3 is 2.45 bits per heavy atom. The van der Waals surface area contributed by atoms with E-state index in [9.17, 15) is 9.59 Å². The molecule has 0 saturated heterocycles. The Hall–Kier alpha value is -2.82. The monoisotopic (exact) mass is 393 g/mol. The van der Waals surface area contributed by atoms with Gasteiger partial charge in [-0.1, -0.05) is 23.8 Å². The molecule has 0 radical (unpaired) electrons. The van der Waals surface area contributed by atoms with Crippen molar-refractivity contribution in [3.05, 3.63) is 58.1 Å². The zero-order valence-corrected chi connectivity index (χ0v) is 18.1. The number of carbonyl (C=O) groups is 2. The Balaban J connectivity index is 1.79. The summed E-state index contributed by atoms with van der Waals surface area (Å²) in [6.07, 6.45) is 1.78. The number of hydrogen-bond donors (Lipinski definition) is 2.